The molecule has 16 heteroatoms. The molecule has 4 rings (SSSR count). The van der Waals surface area contributed by atoms with Crippen LogP contribution in [0, 0.1) is 23.7 Å². The first kappa shape index (κ1) is 53.1. The number of hydrogen-bond acceptors (Lipinski definition) is 16. The molecule has 362 valence electrons. The smallest absolute Gasteiger partial charge is 0.311 e. The van der Waals surface area contributed by atoms with E-state index in [0.717, 1.165) is 19.3 Å². The largest absolute Gasteiger partial charge is 0.459 e. The second-order valence-corrected chi connectivity index (χ2v) is 20.3. The fraction of sp³-hybridized carbons (Fsp3) is 0.957. The van der Waals surface area contributed by atoms with Gasteiger partial charge in [-0.15, -0.1) is 0 Å². The number of cyclic esters (lactones) is 1. The fourth-order valence-corrected chi connectivity index (χ4v) is 10.5. The fourth-order valence-electron chi connectivity index (χ4n) is 10.5. The van der Waals surface area contributed by atoms with Crippen LogP contribution in [0.25, 0.3) is 0 Å². The molecule has 1 aliphatic carbocycles. The van der Waals surface area contributed by atoms with Gasteiger partial charge in [-0.05, 0) is 102 Å². The second kappa shape index (κ2) is 21.4. The van der Waals surface area contributed by atoms with Crippen LogP contribution in [0.5, 0.6) is 0 Å². The number of nitrogens with zero attached hydrogens (tertiary/aromatic N) is 2. The van der Waals surface area contributed by atoms with Crippen LogP contribution in [-0.4, -0.2) is 159 Å². The van der Waals surface area contributed by atoms with Crippen LogP contribution in [-0.2, 0) is 42.8 Å². The molecule has 0 radical (unpaired) electrons. The number of methoxy groups -OCH3 is 1. The molecule has 16 nitrogen and oxygen atoms in total. The highest BCUT2D eigenvalue weighted by molar-refractivity contribution is 5.88. The molecule has 0 aromatic rings. The molecule has 3 heterocycles. The summed E-state index contributed by atoms with van der Waals surface area (Å²) in [6.45, 7) is 21.1. The number of esters is 1. The quantitative estimate of drug-likeness (QED) is 0.109. The molecule has 4 fully saturated rings. The van der Waals surface area contributed by atoms with E-state index in [-0.39, 0.29) is 37.5 Å². The number of aliphatic hydroxyl groups excluding tert-OH is 3. The van der Waals surface area contributed by atoms with E-state index >= 15 is 0 Å². The van der Waals surface area contributed by atoms with Crippen molar-refractivity contribution in [1.29, 1.82) is 0 Å². The Labute approximate surface area is 371 Å². The number of aliphatic hydroxyl groups is 5. The number of oxime groups is 1. The standard InChI is InChI=1S/C46H84N2O14/c1-16-33-45(12,54)38(50)28(6)35(47-62-46(61-25(2)3)20-18-17-19-21-46)26(4)23-43(10,53)40(60-42-36(49)32(48(13)14)22-27(5)56-42)29(7)37(30(8)41(52)58-33)59-34-24-44(11,55-15)39(51)31(9)57-34/h25-34,36-40,42,49-51,53-54H,16-24H2,1-15H3/t26-,27-,28?,29+,30-,31+,32+,33-,34?,36-,37+,38-,39+,40-,42?,43+,44-,45-/m1/s1. The Morgan fingerprint density at radius 3 is 2.08 bits per heavy atom. The summed E-state index contributed by atoms with van der Waals surface area (Å²) in [6.07, 6.45) is -5.52. The summed E-state index contributed by atoms with van der Waals surface area (Å²) in [4.78, 5) is 22.8. The Hall–Kier alpha value is -1.54. The minimum Gasteiger partial charge on any atom is -0.459 e. The van der Waals surface area contributed by atoms with Gasteiger partial charge in [-0.2, -0.15) is 0 Å². The maximum atomic E-state index is 14.5. The lowest BCUT2D eigenvalue weighted by Crippen LogP contribution is -2.61. The lowest BCUT2D eigenvalue weighted by atomic mass is 9.73. The molecule has 1 saturated carbocycles. The van der Waals surface area contributed by atoms with Crippen molar-refractivity contribution < 1.29 is 68.3 Å². The second-order valence-electron chi connectivity index (χ2n) is 20.3. The molecule has 5 N–H and O–H groups in total. The van der Waals surface area contributed by atoms with Gasteiger partial charge in [-0.1, -0.05) is 39.3 Å². The van der Waals surface area contributed by atoms with E-state index in [9.17, 15) is 30.3 Å². The molecule has 3 aliphatic heterocycles. The molecule has 0 spiro atoms. The third-order valence-electron chi connectivity index (χ3n) is 14.2. The van der Waals surface area contributed by atoms with Crippen molar-refractivity contribution in [2.45, 2.75) is 237 Å². The molecule has 62 heavy (non-hydrogen) atoms. The van der Waals surface area contributed by atoms with Gasteiger partial charge in [0, 0.05) is 50.2 Å². The Balaban J connectivity index is 1.90. The first-order valence-corrected chi connectivity index (χ1v) is 23.2. The van der Waals surface area contributed by atoms with Crippen LogP contribution in [0.15, 0.2) is 5.16 Å². The SMILES string of the molecule is CC[C@H]1OC(=O)[C@H](C)[C@@H](OC2C[C@@](C)(OC)[C@@H](O)[C@H](C)O2)[C@H](C)[C@@H](OC2O[C@H](C)C[C@H](N(C)C)[C@H]2O)[C@@](C)(O)C[C@@H](C)C(=NOC2(OC(C)C)CCCCC2)C(C)[C@@H](O)[C@]1(C)O. The van der Waals surface area contributed by atoms with Crippen LogP contribution in [0.1, 0.15) is 141 Å². The highest BCUT2D eigenvalue weighted by Crippen LogP contribution is 2.42. The Morgan fingerprint density at radius 1 is 0.887 bits per heavy atom. The van der Waals surface area contributed by atoms with E-state index in [1.165, 1.54) is 14.0 Å². The number of hydrogen-bond donors (Lipinski definition) is 5. The number of ether oxygens (including phenoxy) is 7. The van der Waals surface area contributed by atoms with Crippen molar-refractivity contribution in [3.05, 3.63) is 0 Å². The van der Waals surface area contributed by atoms with Crippen molar-refractivity contribution >= 4 is 11.7 Å². The van der Waals surface area contributed by atoms with Crippen molar-refractivity contribution in [3.63, 3.8) is 0 Å². The number of likely N-dealkylation sites (N-methyl/N-ethyl adjacent to an activating group) is 1. The first-order valence-electron chi connectivity index (χ1n) is 23.2. The van der Waals surface area contributed by atoms with Crippen LogP contribution in [0.2, 0.25) is 0 Å². The van der Waals surface area contributed by atoms with Gasteiger partial charge < -0.3 is 68.4 Å². The highest BCUT2D eigenvalue weighted by atomic mass is 16.8. The van der Waals surface area contributed by atoms with Crippen LogP contribution < -0.4 is 0 Å². The molecule has 3 unspecified atom stereocenters. The van der Waals surface area contributed by atoms with Gasteiger partial charge in [0.05, 0.1) is 59.5 Å². The lowest BCUT2D eigenvalue weighted by Gasteiger charge is -2.49. The predicted molar refractivity (Wildman–Crippen MR) is 232 cm³/mol. The van der Waals surface area contributed by atoms with Crippen molar-refractivity contribution in [1.82, 2.24) is 4.90 Å². The summed E-state index contributed by atoms with van der Waals surface area (Å²) < 4.78 is 44.4. The molecule has 18 atom stereocenters. The highest BCUT2D eigenvalue weighted by Gasteiger charge is 2.53. The van der Waals surface area contributed by atoms with Gasteiger partial charge in [-0.3, -0.25) is 4.79 Å². The summed E-state index contributed by atoms with van der Waals surface area (Å²) in [5, 5.41) is 64.9. The molecule has 0 aromatic carbocycles. The van der Waals surface area contributed by atoms with Crippen molar-refractivity contribution in [2.24, 2.45) is 28.8 Å². The molecular formula is C46H84N2O14. The molecule has 4 aliphatic rings. The average molecular weight is 889 g/mol. The summed E-state index contributed by atoms with van der Waals surface area (Å²) >= 11 is 0. The third kappa shape index (κ3) is 12.1. The zero-order valence-electron chi connectivity index (χ0n) is 40.4. The zero-order chi connectivity index (χ0) is 46.7. The van der Waals surface area contributed by atoms with Gasteiger partial charge in [0.2, 0.25) is 5.79 Å². The molecule has 3 saturated heterocycles. The Bertz CT molecular complexity index is 1460. The number of carbonyl (C=O) groups excluding carboxylic acids is 1. The third-order valence-corrected chi connectivity index (χ3v) is 14.2. The summed E-state index contributed by atoms with van der Waals surface area (Å²) in [5.41, 5.74) is -4.43. The Morgan fingerprint density at radius 2 is 1.52 bits per heavy atom. The van der Waals surface area contributed by atoms with Crippen LogP contribution in [0.3, 0.4) is 0 Å². The zero-order valence-corrected chi connectivity index (χ0v) is 40.4. The number of carbonyl (C=O) groups is 1. The molecular weight excluding hydrogens is 805 g/mol. The van der Waals surface area contributed by atoms with Gasteiger partial charge in [0.15, 0.2) is 12.6 Å². The van der Waals surface area contributed by atoms with E-state index in [1.807, 2.05) is 46.7 Å². The van der Waals surface area contributed by atoms with E-state index in [2.05, 4.69) is 0 Å². The maximum Gasteiger partial charge on any atom is 0.311 e. The minimum atomic E-state index is -1.96. The molecule has 0 amide bonds. The van der Waals surface area contributed by atoms with E-state index in [4.69, 9.17) is 43.2 Å². The van der Waals surface area contributed by atoms with E-state index in [1.54, 1.807) is 48.5 Å². The van der Waals surface area contributed by atoms with Gasteiger partial charge in [-0.25, -0.2) is 0 Å². The minimum absolute atomic E-state index is 0.00935. The van der Waals surface area contributed by atoms with Gasteiger partial charge in [0.1, 0.15) is 23.9 Å². The summed E-state index contributed by atoms with van der Waals surface area (Å²) in [7, 11) is 5.26. The lowest BCUT2D eigenvalue weighted by molar-refractivity contribution is -0.318. The topological polar surface area (TPSA) is 208 Å². The predicted octanol–water partition coefficient (Wildman–Crippen LogP) is 4.67. The van der Waals surface area contributed by atoms with Crippen LogP contribution >= 0.6 is 0 Å². The van der Waals surface area contributed by atoms with Crippen LogP contribution in [0.4, 0.5) is 0 Å². The molecule has 0 aromatic heterocycles. The number of rotatable bonds is 11. The van der Waals surface area contributed by atoms with Gasteiger partial charge in [0.25, 0.3) is 0 Å². The Kier molecular flexibility index (Phi) is 18.3. The van der Waals surface area contributed by atoms with Crippen molar-refractivity contribution in [3.8, 4) is 0 Å². The normalized spacial score (nSPS) is 46.1. The van der Waals surface area contributed by atoms with E-state index < -0.39 is 108 Å². The van der Waals surface area contributed by atoms with Crippen molar-refractivity contribution in [2.75, 3.05) is 21.2 Å². The average Bonchev–Trinajstić information content (AvgIpc) is 3.19. The first-order chi connectivity index (χ1) is 28.7. The monoisotopic (exact) mass is 889 g/mol. The molecule has 0 bridgehead atoms. The van der Waals surface area contributed by atoms with Gasteiger partial charge >= 0.3 is 5.97 Å². The maximum absolute atomic E-state index is 14.5. The summed E-state index contributed by atoms with van der Waals surface area (Å²) in [5.74, 6) is -5.10. The summed E-state index contributed by atoms with van der Waals surface area (Å²) in [6, 6.07) is -0.324. The van der Waals surface area contributed by atoms with E-state index in [0.29, 0.717) is 25.0 Å².